The van der Waals surface area contributed by atoms with E-state index in [2.05, 4.69) is 5.32 Å². The number of hydrogen-bond donors (Lipinski definition) is 2. The molecule has 26 heavy (non-hydrogen) atoms. The van der Waals surface area contributed by atoms with E-state index in [1.165, 1.54) is 6.08 Å². The molecule has 0 unspecified atom stereocenters. The van der Waals surface area contributed by atoms with Gasteiger partial charge in [-0.1, -0.05) is 35.9 Å². The molecule has 0 fully saturated rings. The number of furan rings is 1. The number of aliphatic carboxylic acids is 1. The standard InChI is InChI=1S/C20H14ClNO4/c21-15-5-2-4-14(12-15)17-8-9-18(26-17)20(25)22-16-6-1-3-13(11-16)7-10-19(23)24/h1-12H,(H,22,25)(H,23,24). The molecule has 1 amide bonds. The Kier molecular flexibility index (Phi) is 5.20. The average molecular weight is 368 g/mol. The smallest absolute Gasteiger partial charge is 0.328 e. The average Bonchev–Trinajstić information content (AvgIpc) is 3.11. The van der Waals surface area contributed by atoms with Gasteiger partial charge in [0.1, 0.15) is 5.76 Å². The summed E-state index contributed by atoms with van der Waals surface area (Å²) in [5.74, 6) is -0.747. The number of nitrogens with one attached hydrogen (secondary N) is 1. The van der Waals surface area contributed by atoms with Gasteiger partial charge in [-0.15, -0.1) is 0 Å². The van der Waals surface area contributed by atoms with Gasteiger partial charge in [-0.3, -0.25) is 4.79 Å². The first kappa shape index (κ1) is 17.5. The lowest BCUT2D eigenvalue weighted by molar-refractivity contribution is -0.131. The van der Waals surface area contributed by atoms with Crippen LogP contribution in [0.3, 0.4) is 0 Å². The summed E-state index contributed by atoms with van der Waals surface area (Å²) in [7, 11) is 0. The molecule has 0 atom stereocenters. The fourth-order valence-corrected chi connectivity index (χ4v) is 2.53. The predicted molar refractivity (Wildman–Crippen MR) is 100 cm³/mol. The summed E-state index contributed by atoms with van der Waals surface area (Å²) >= 11 is 5.97. The second-order valence-electron chi connectivity index (χ2n) is 5.43. The Hall–Kier alpha value is -3.31. The molecule has 130 valence electrons. The van der Waals surface area contributed by atoms with E-state index in [9.17, 15) is 9.59 Å². The van der Waals surface area contributed by atoms with Crippen LogP contribution in [0.1, 0.15) is 16.1 Å². The van der Waals surface area contributed by atoms with E-state index in [1.807, 2.05) is 6.07 Å². The number of hydrogen-bond acceptors (Lipinski definition) is 3. The van der Waals surface area contributed by atoms with Crippen molar-refractivity contribution in [3.8, 4) is 11.3 Å². The van der Waals surface area contributed by atoms with E-state index < -0.39 is 11.9 Å². The molecule has 3 rings (SSSR count). The first-order valence-electron chi connectivity index (χ1n) is 7.69. The summed E-state index contributed by atoms with van der Waals surface area (Å²) in [6.07, 6.45) is 2.48. The number of carboxylic acid groups (broad SMARTS) is 1. The van der Waals surface area contributed by atoms with Gasteiger partial charge in [0.2, 0.25) is 0 Å². The lowest BCUT2D eigenvalue weighted by Gasteiger charge is -2.04. The summed E-state index contributed by atoms with van der Waals surface area (Å²) < 4.78 is 5.61. The van der Waals surface area contributed by atoms with Crippen LogP contribution in [0.25, 0.3) is 17.4 Å². The molecule has 5 nitrogen and oxygen atoms in total. The Morgan fingerprint density at radius 2 is 1.85 bits per heavy atom. The number of halogens is 1. The van der Waals surface area contributed by atoms with Gasteiger partial charge in [-0.05, 0) is 48.0 Å². The van der Waals surface area contributed by atoms with Gasteiger partial charge in [-0.25, -0.2) is 4.79 Å². The Morgan fingerprint density at radius 3 is 2.62 bits per heavy atom. The fourth-order valence-electron chi connectivity index (χ4n) is 2.34. The molecule has 2 N–H and O–H groups in total. The lowest BCUT2D eigenvalue weighted by atomic mass is 10.2. The quantitative estimate of drug-likeness (QED) is 0.625. The van der Waals surface area contributed by atoms with Crippen LogP contribution < -0.4 is 5.32 Å². The van der Waals surface area contributed by atoms with Crippen LogP contribution in [-0.4, -0.2) is 17.0 Å². The van der Waals surface area contributed by atoms with Gasteiger partial charge >= 0.3 is 5.97 Å². The van der Waals surface area contributed by atoms with Gasteiger partial charge < -0.3 is 14.8 Å². The van der Waals surface area contributed by atoms with Gasteiger partial charge in [-0.2, -0.15) is 0 Å². The zero-order valence-corrected chi connectivity index (χ0v) is 14.2. The van der Waals surface area contributed by atoms with E-state index in [4.69, 9.17) is 21.1 Å². The number of carboxylic acids is 1. The number of benzene rings is 2. The zero-order valence-electron chi connectivity index (χ0n) is 13.5. The van der Waals surface area contributed by atoms with Crippen molar-refractivity contribution in [3.05, 3.63) is 83.1 Å². The van der Waals surface area contributed by atoms with Gasteiger partial charge in [0.15, 0.2) is 5.76 Å². The van der Waals surface area contributed by atoms with Crippen LogP contribution in [0.2, 0.25) is 5.02 Å². The molecule has 0 bridgehead atoms. The number of carbonyl (C=O) groups excluding carboxylic acids is 1. The largest absolute Gasteiger partial charge is 0.478 e. The second kappa shape index (κ2) is 7.72. The number of carbonyl (C=O) groups is 2. The van der Waals surface area contributed by atoms with E-state index >= 15 is 0 Å². The van der Waals surface area contributed by atoms with Gasteiger partial charge in [0.05, 0.1) is 0 Å². The van der Waals surface area contributed by atoms with Gasteiger partial charge in [0, 0.05) is 22.3 Å². The maximum absolute atomic E-state index is 12.4. The number of amides is 1. The third kappa shape index (κ3) is 4.40. The monoisotopic (exact) mass is 367 g/mol. The van der Waals surface area contributed by atoms with Crippen LogP contribution in [0.15, 0.2) is 71.2 Å². The van der Waals surface area contributed by atoms with Crippen molar-refractivity contribution in [2.24, 2.45) is 0 Å². The molecule has 0 saturated heterocycles. The van der Waals surface area contributed by atoms with Crippen molar-refractivity contribution >= 4 is 35.2 Å². The Balaban J connectivity index is 1.75. The maximum Gasteiger partial charge on any atom is 0.328 e. The highest BCUT2D eigenvalue weighted by Crippen LogP contribution is 2.25. The molecule has 6 heteroatoms. The molecule has 0 aliphatic heterocycles. The van der Waals surface area contributed by atoms with E-state index in [-0.39, 0.29) is 5.76 Å². The molecule has 0 radical (unpaired) electrons. The minimum absolute atomic E-state index is 0.159. The fraction of sp³-hybridized carbons (Fsp3) is 0. The molecular formula is C20H14ClNO4. The van der Waals surface area contributed by atoms with Crippen LogP contribution in [0, 0.1) is 0 Å². The second-order valence-corrected chi connectivity index (χ2v) is 5.86. The van der Waals surface area contributed by atoms with E-state index in [1.54, 1.807) is 54.6 Å². The van der Waals surface area contributed by atoms with E-state index in [0.29, 0.717) is 22.0 Å². The Bertz CT molecular complexity index is 991. The molecule has 0 spiro atoms. The highest BCUT2D eigenvalue weighted by atomic mass is 35.5. The highest BCUT2D eigenvalue weighted by molar-refractivity contribution is 6.30. The third-order valence-electron chi connectivity index (χ3n) is 3.50. The van der Waals surface area contributed by atoms with Crippen LogP contribution in [0.4, 0.5) is 5.69 Å². The highest BCUT2D eigenvalue weighted by Gasteiger charge is 2.13. The molecule has 0 saturated carbocycles. The topological polar surface area (TPSA) is 79.5 Å². The molecule has 0 aliphatic rings. The summed E-state index contributed by atoms with van der Waals surface area (Å²) in [5.41, 5.74) is 1.96. The summed E-state index contributed by atoms with van der Waals surface area (Å²) in [6.45, 7) is 0. The lowest BCUT2D eigenvalue weighted by Crippen LogP contribution is -2.10. The van der Waals surface area contributed by atoms with E-state index in [0.717, 1.165) is 11.6 Å². The zero-order chi connectivity index (χ0) is 18.5. The summed E-state index contributed by atoms with van der Waals surface area (Å²) in [5, 5.41) is 12.0. The first-order chi connectivity index (χ1) is 12.5. The molecular weight excluding hydrogens is 354 g/mol. The number of anilines is 1. The Morgan fingerprint density at radius 1 is 1.04 bits per heavy atom. The first-order valence-corrected chi connectivity index (χ1v) is 8.07. The minimum atomic E-state index is -1.04. The SMILES string of the molecule is O=C(O)C=Cc1cccc(NC(=O)c2ccc(-c3cccc(Cl)c3)o2)c1. The van der Waals surface area contributed by atoms with Crippen molar-refractivity contribution in [2.45, 2.75) is 0 Å². The minimum Gasteiger partial charge on any atom is -0.478 e. The van der Waals surface area contributed by atoms with Crippen LogP contribution >= 0.6 is 11.6 Å². The van der Waals surface area contributed by atoms with Crippen LogP contribution in [-0.2, 0) is 4.79 Å². The summed E-state index contributed by atoms with van der Waals surface area (Å²) in [6, 6.07) is 17.3. The van der Waals surface area contributed by atoms with Crippen molar-refractivity contribution < 1.29 is 19.1 Å². The molecule has 1 aromatic heterocycles. The maximum atomic E-state index is 12.4. The van der Waals surface area contributed by atoms with Crippen molar-refractivity contribution in [1.29, 1.82) is 0 Å². The number of rotatable bonds is 5. The normalized spacial score (nSPS) is 10.8. The van der Waals surface area contributed by atoms with Crippen molar-refractivity contribution in [2.75, 3.05) is 5.32 Å². The third-order valence-corrected chi connectivity index (χ3v) is 3.74. The van der Waals surface area contributed by atoms with Crippen LogP contribution in [0.5, 0.6) is 0 Å². The molecule has 0 aliphatic carbocycles. The molecule has 3 aromatic rings. The summed E-state index contributed by atoms with van der Waals surface area (Å²) in [4.78, 5) is 22.9. The van der Waals surface area contributed by atoms with Crippen molar-refractivity contribution in [1.82, 2.24) is 0 Å². The van der Waals surface area contributed by atoms with Crippen molar-refractivity contribution in [3.63, 3.8) is 0 Å². The predicted octanol–water partition coefficient (Wildman–Crippen LogP) is 4.95. The molecule has 2 aromatic carbocycles. The van der Waals surface area contributed by atoms with Gasteiger partial charge in [0.25, 0.3) is 5.91 Å². The Labute approximate surface area is 154 Å². The molecule has 1 heterocycles.